The maximum absolute atomic E-state index is 14.3. The van der Waals surface area contributed by atoms with Gasteiger partial charge in [0, 0.05) is 27.3 Å². The SMILES string of the molecule is N#Cc1cc(Cl)cc(F)c1-c1c(C(N)=O)cccc1C(N)=O. The molecule has 0 saturated heterocycles. The summed E-state index contributed by atoms with van der Waals surface area (Å²) < 4.78 is 14.3. The van der Waals surface area contributed by atoms with Gasteiger partial charge >= 0.3 is 0 Å². The molecule has 7 heteroatoms. The molecule has 0 atom stereocenters. The molecule has 2 aromatic rings. The highest BCUT2D eigenvalue weighted by atomic mass is 35.5. The molecular weight excluding hydrogens is 309 g/mol. The molecule has 0 aliphatic carbocycles. The highest BCUT2D eigenvalue weighted by Gasteiger charge is 2.23. The van der Waals surface area contributed by atoms with Crippen molar-refractivity contribution in [2.45, 2.75) is 0 Å². The molecule has 0 bridgehead atoms. The molecule has 0 aliphatic rings. The zero-order chi connectivity index (χ0) is 16.4. The Morgan fingerprint density at radius 1 is 1.09 bits per heavy atom. The van der Waals surface area contributed by atoms with Gasteiger partial charge in [-0.25, -0.2) is 4.39 Å². The first-order valence-electron chi connectivity index (χ1n) is 5.99. The molecule has 22 heavy (non-hydrogen) atoms. The van der Waals surface area contributed by atoms with Crippen LogP contribution in [0.3, 0.4) is 0 Å². The smallest absolute Gasteiger partial charge is 0.249 e. The molecule has 0 saturated carbocycles. The van der Waals surface area contributed by atoms with Crippen LogP contribution in [0.1, 0.15) is 26.3 Å². The van der Waals surface area contributed by atoms with Gasteiger partial charge in [0.1, 0.15) is 5.82 Å². The predicted octanol–water partition coefficient (Wildman–Crippen LogP) is 2.22. The summed E-state index contributed by atoms with van der Waals surface area (Å²) in [6, 6.07) is 8.01. The molecule has 0 spiro atoms. The Kier molecular flexibility index (Phi) is 4.11. The average molecular weight is 318 g/mol. The van der Waals surface area contributed by atoms with Gasteiger partial charge in [0.2, 0.25) is 11.8 Å². The lowest BCUT2D eigenvalue weighted by molar-refractivity contribution is 0.0999. The summed E-state index contributed by atoms with van der Waals surface area (Å²) >= 11 is 5.72. The van der Waals surface area contributed by atoms with Crippen LogP contribution < -0.4 is 11.5 Å². The molecule has 2 rings (SSSR count). The van der Waals surface area contributed by atoms with E-state index in [1.54, 1.807) is 6.07 Å². The van der Waals surface area contributed by atoms with Crippen molar-refractivity contribution in [1.82, 2.24) is 0 Å². The highest BCUT2D eigenvalue weighted by Crippen LogP contribution is 2.34. The Bertz CT molecular complexity index is 811. The monoisotopic (exact) mass is 317 g/mol. The summed E-state index contributed by atoms with van der Waals surface area (Å²) in [5, 5.41) is 9.19. The number of halogens is 2. The second-order valence-corrected chi connectivity index (χ2v) is 4.82. The van der Waals surface area contributed by atoms with Crippen molar-refractivity contribution in [1.29, 1.82) is 5.26 Å². The van der Waals surface area contributed by atoms with Crippen LogP contribution in [0, 0.1) is 17.1 Å². The summed E-state index contributed by atoms with van der Waals surface area (Å²) in [4.78, 5) is 23.2. The number of hydrogen-bond donors (Lipinski definition) is 2. The van der Waals surface area contributed by atoms with Gasteiger partial charge in [-0.15, -0.1) is 0 Å². The number of primary amides is 2. The topological polar surface area (TPSA) is 110 Å². The van der Waals surface area contributed by atoms with Crippen LogP contribution in [0.25, 0.3) is 11.1 Å². The number of nitrogens with two attached hydrogens (primary N) is 2. The van der Waals surface area contributed by atoms with Crippen molar-refractivity contribution in [3.63, 3.8) is 0 Å². The molecule has 0 aliphatic heterocycles. The summed E-state index contributed by atoms with van der Waals surface area (Å²) in [5.41, 5.74) is 9.81. The fourth-order valence-electron chi connectivity index (χ4n) is 2.15. The Hall–Kier alpha value is -2.91. The van der Waals surface area contributed by atoms with Gasteiger partial charge in [-0.05, 0) is 24.3 Å². The van der Waals surface area contributed by atoms with Gasteiger partial charge in [-0.1, -0.05) is 17.7 Å². The molecule has 0 unspecified atom stereocenters. The van der Waals surface area contributed by atoms with E-state index in [2.05, 4.69) is 0 Å². The van der Waals surface area contributed by atoms with Gasteiger partial charge in [-0.3, -0.25) is 9.59 Å². The van der Waals surface area contributed by atoms with E-state index in [4.69, 9.17) is 23.1 Å². The largest absolute Gasteiger partial charge is 0.366 e. The predicted molar refractivity (Wildman–Crippen MR) is 78.6 cm³/mol. The lowest BCUT2D eigenvalue weighted by Gasteiger charge is -2.14. The Morgan fingerprint density at radius 3 is 2.09 bits per heavy atom. The van der Waals surface area contributed by atoms with E-state index in [0.717, 1.165) is 6.07 Å². The quantitative estimate of drug-likeness (QED) is 0.905. The van der Waals surface area contributed by atoms with Crippen LogP contribution in [0.2, 0.25) is 5.02 Å². The Morgan fingerprint density at radius 2 is 1.64 bits per heavy atom. The minimum atomic E-state index is -0.878. The summed E-state index contributed by atoms with van der Waals surface area (Å²) in [5.74, 6) is -2.62. The fraction of sp³-hybridized carbons (Fsp3) is 0. The van der Waals surface area contributed by atoms with Gasteiger partial charge in [-0.2, -0.15) is 5.26 Å². The van der Waals surface area contributed by atoms with Crippen LogP contribution in [0.4, 0.5) is 4.39 Å². The van der Waals surface area contributed by atoms with Crippen LogP contribution in [0.5, 0.6) is 0 Å². The van der Waals surface area contributed by atoms with E-state index < -0.39 is 17.6 Å². The summed E-state index contributed by atoms with van der Waals surface area (Å²) in [6.45, 7) is 0. The molecule has 0 fully saturated rings. The van der Waals surface area contributed by atoms with Gasteiger partial charge in [0.15, 0.2) is 0 Å². The Labute approximate surface area is 129 Å². The first-order chi connectivity index (χ1) is 10.4. The van der Waals surface area contributed by atoms with E-state index in [1.807, 2.05) is 0 Å². The molecule has 0 radical (unpaired) electrons. The molecule has 0 heterocycles. The van der Waals surface area contributed by atoms with Gasteiger partial charge in [0.25, 0.3) is 0 Å². The third-order valence-electron chi connectivity index (χ3n) is 3.02. The zero-order valence-electron chi connectivity index (χ0n) is 11.1. The number of carbonyl (C=O) groups excluding carboxylic acids is 2. The lowest BCUT2D eigenvalue weighted by Crippen LogP contribution is -2.18. The second kappa shape index (κ2) is 5.84. The number of nitrogens with zero attached hydrogens (tertiary/aromatic N) is 1. The van der Waals surface area contributed by atoms with Crippen molar-refractivity contribution in [2.24, 2.45) is 11.5 Å². The molecule has 2 amide bonds. The minimum Gasteiger partial charge on any atom is -0.366 e. The van der Waals surface area contributed by atoms with Gasteiger partial charge in [0.05, 0.1) is 11.6 Å². The molecule has 4 N–H and O–H groups in total. The van der Waals surface area contributed by atoms with Crippen molar-refractivity contribution in [3.8, 4) is 17.2 Å². The normalized spacial score (nSPS) is 10.0. The number of benzene rings is 2. The van der Waals surface area contributed by atoms with E-state index >= 15 is 0 Å². The van der Waals surface area contributed by atoms with Crippen LogP contribution in [0.15, 0.2) is 30.3 Å². The van der Waals surface area contributed by atoms with Crippen LogP contribution >= 0.6 is 11.6 Å². The average Bonchev–Trinajstić information content (AvgIpc) is 2.45. The third kappa shape index (κ3) is 2.62. The molecule has 0 aromatic heterocycles. The fourth-order valence-corrected chi connectivity index (χ4v) is 2.35. The van der Waals surface area contributed by atoms with Crippen molar-refractivity contribution < 1.29 is 14.0 Å². The number of carbonyl (C=O) groups is 2. The second-order valence-electron chi connectivity index (χ2n) is 4.38. The van der Waals surface area contributed by atoms with E-state index in [9.17, 15) is 19.2 Å². The van der Waals surface area contributed by atoms with Gasteiger partial charge < -0.3 is 11.5 Å². The molecular formula is C15H9ClFN3O2. The summed E-state index contributed by atoms with van der Waals surface area (Å²) in [6.07, 6.45) is 0. The standard InChI is InChI=1S/C15H9ClFN3O2/c16-8-4-7(6-18)12(11(17)5-8)13-9(14(19)21)2-1-3-10(13)15(20)22/h1-5H,(H2,19,21)(H2,20,22). The first kappa shape index (κ1) is 15.5. The molecule has 2 aromatic carbocycles. The van der Waals surface area contributed by atoms with E-state index in [0.29, 0.717) is 0 Å². The summed E-state index contributed by atoms with van der Waals surface area (Å²) in [7, 11) is 0. The number of rotatable bonds is 3. The van der Waals surface area contributed by atoms with Crippen molar-refractivity contribution in [3.05, 3.63) is 57.9 Å². The number of amides is 2. The zero-order valence-corrected chi connectivity index (χ0v) is 11.8. The van der Waals surface area contributed by atoms with Crippen molar-refractivity contribution >= 4 is 23.4 Å². The van der Waals surface area contributed by atoms with Crippen LogP contribution in [-0.4, -0.2) is 11.8 Å². The van der Waals surface area contributed by atoms with Crippen LogP contribution in [-0.2, 0) is 0 Å². The molecule has 110 valence electrons. The number of hydrogen-bond acceptors (Lipinski definition) is 3. The third-order valence-corrected chi connectivity index (χ3v) is 3.24. The first-order valence-corrected chi connectivity index (χ1v) is 6.36. The van der Waals surface area contributed by atoms with E-state index in [-0.39, 0.29) is 32.8 Å². The Balaban J connectivity index is 2.98. The highest BCUT2D eigenvalue weighted by molar-refractivity contribution is 6.30. The maximum atomic E-state index is 14.3. The maximum Gasteiger partial charge on any atom is 0.249 e. The molecule has 5 nitrogen and oxygen atoms in total. The van der Waals surface area contributed by atoms with Crippen molar-refractivity contribution in [2.75, 3.05) is 0 Å². The number of nitriles is 1. The van der Waals surface area contributed by atoms with E-state index in [1.165, 1.54) is 24.3 Å². The minimum absolute atomic E-state index is 0.00924. The lowest BCUT2D eigenvalue weighted by atomic mass is 9.90.